The van der Waals surface area contributed by atoms with Gasteiger partial charge in [-0.3, -0.25) is 9.59 Å². The molecule has 0 spiro atoms. The Hall–Kier alpha value is -1.06. The number of carbonyl (C=O) groups excluding carboxylic acids is 1. The summed E-state index contributed by atoms with van der Waals surface area (Å²) in [4.78, 5) is 23.5. The van der Waals surface area contributed by atoms with Crippen LogP contribution in [0.2, 0.25) is 0 Å². The van der Waals surface area contributed by atoms with Crippen molar-refractivity contribution in [2.75, 3.05) is 13.6 Å². The molecule has 0 heterocycles. The molecule has 0 fully saturated rings. The van der Waals surface area contributed by atoms with E-state index in [1.54, 1.807) is 4.90 Å². The lowest BCUT2D eigenvalue weighted by atomic mass is 10.2. The van der Waals surface area contributed by atoms with E-state index in [9.17, 15) is 9.59 Å². The highest BCUT2D eigenvalue weighted by Gasteiger charge is 2.07. The zero-order valence-corrected chi connectivity index (χ0v) is 10.4. The summed E-state index contributed by atoms with van der Waals surface area (Å²) in [7, 11) is 1.81. The average Bonchev–Trinajstić information content (AvgIpc) is 2.24. The fourth-order valence-electron chi connectivity index (χ4n) is 1.45. The van der Waals surface area contributed by atoms with Gasteiger partial charge in [-0.25, -0.2) is 0 Å². The van der Waals surface area contributed by atoms with Crippen LogP contribution in [0, 0.1) is 0 Å². The SMILES string of the molecule is CCCCC(=O)N(C)CCCCCC(=O)O. The third kappa shape index (κ3) is 8.26. The molecule has 4 heteroatoms. The van der Waals surface area contributed by atoms with Crippen LogP contribution in [0.5, 0.6) is 0 Å². The molecule has 1 N–H and O–H groups in total. The maximum Gasteiger partial charge on any atom is 0.303 e. The van der Waals surface area contributed by atoms with E-state index in [1.807, 2.05) is 7.05 Å². The van der Waals surface area contributed by atoms with Gasteiger partial charge in [-0.1, -0.05) is 19.8 Å². The minimum atomic E-state index is -0.743. The molecule has 4 nitrogen and oxygen atoms in total. The van der Waals surface area contributed by atoms with Gasteiger partial charge in [0.25, 0.3) is 0 Å². The molecule has 0 bridgehead atoms. The monoisotopic (exact) mass is 229 g/mol. The molecule has 0 radical (unpaired) electrons. The molecule has 0 aromatic rings. The number of carboxylic acid groups (broad SMARTS) is 1. The Kier molecular flexibility index (Phi) is 8.58. The summed E-state index contributed by atoms with van der Waals surface area (Å²) in [5, 5.41) is 8.44. The first-order chi connectivity index (χ1) is 7.57. The van der Waals surface area contributed by atoms with Crippen LogP contribution in [-0.2, 0) is 9.59 Å². The smallest absolute Gasteiger partial charge is 0.303 e. The van der Waals surface area contributed by atoms with Gasteiger partial charge in [-0.2, -0.15) is 0 Å². The number of amides is 1. The van der Waals surface area contributed by atoms with Crippen molar-refractivity contribution in [2.45, 2.75) is 51.9 Å². The van der Waals surface area contributed by atoms with E-state index in [0.29, 0.717) is 12.8 Å². The van der Waals surface area contributed by atoms with E-state index in [2.05, 4.69) is 6.92 Å². The quantitative estimate of drug-likeness (QED) is 0.617. The van der Waals surface area contributed by atoms with E-state index in [-0.39, 0.29) is 12.3 Å². The number of aliphatic carboxylic acids is 1. The molecule has 1 amide bonds. The van der Waals surface area contributed by atoms with Gasteiger partial charge in [-0.05, 0) is 19.3 Å². The predicted octanol–water partition coefficient (Wildman–Crippen LogP) is 2.28. The van der Waals surface area contributed by atoms with Crippen LogP contribution in [-0.4, -0.2) is 35.5 Å². The van der Waals surface area contributed by atoms with Gasteiger partial charge in [0, 0.05) is 26.4 Å². The molecule has 0 atom stereocenters. The van der Waals surface area contributed by atoms with Gasteiger partial charge >= 0.3 is 5.97 Å². The summed E-state index contributed by atoms with van der Waals surface area (Å²) in [5.41, 5.74) is 0. The normalized spacial score (nSPS) is 10.1. The van der Waals surface area contributed by atoms with Crippen molar-refractivity contribution in [3.8, 4) is 0 Å². The highest BCUT2D eigenvalue weighted by Crippen LogP contribution is 2.03. The Morgan fingerprint density at radius 3 is 2.31 bits per heavy atom. The van der Waals surface area contributed by atoms with Gasteiger partial charge < -0.3 is 10.0 Å². The van der Waals surface area contributed by atoms with Crippen LogP contribution >= 0.6 is 0 Å². The van der Waals surface area contributed by atoms with Crippen molar-refractivity contribution in [3.05, 3.63) is 0 Å². The van der Waals surface area contributed by atoms with Crippen molar-refractivity contribution < 1.29 is 14.7 Å². The molecule has 0 aliphatic rings. The summed E-state index contributed by atoms with van der Waals surface area (Å²) < 4.78 is 0. The largest absolute Gasteiger partial charge is 0.481 e. The van der Waals surface area contributed by atoms with Gasteiger partial charge in [0.05, 0.1) is 0 Å². The van der Waals surface area contributed by atoms with Gasteiger partial charge in [-0.15, -0.1) is 0 Å². The number of carboxylic acids is 1. The molecule has 0 aromatic carbocycles. The van der Waals surface area contributed by atoms with Crippen LogP contribution in [0.1, 0.15) is 51.9 Å². The van der Waals surface area contributed by atoms with Crippen LogP contribution in [0.4, 0.5) is 0 Å². The minimum absolute atomic E-state index is 0.195. The molecule has 0 unspecified atom stereocenters. The first-order valence-corrected chi connectivity index (χ1v) is 6.03. The predicted molar refractivity (Wildman–Crippen MR) is 63.3 cm³/mol. The standard InChI is InChI=1S/C12H23NO3/c1-3-4-8-11(14)13(2)10-7-5-6-9-12(15)16/h3-10H2,1-2H3,(H,15,16). The zero-order chi connectivity index (χ0) is 12.4. The molecule has 0 saturated carbocycles. The van der Waals surface area contributed by atoms with Crippen molar-refractivity contribution in [1.29, 1.82) is 0 Å². The summed E-state index contributed by atoms with van der Waals surface area (Å²) in [6.07, 6.45) is 5.31. The first-order valence-electron chi connectivity index (χ1n) is 6.03. The molecule has 0 aliphatic heterocycles. The van der Waals surface area contributed by atoms with Crippen LogP contribution in [0.15, 0.2) is 0 Å². The second kappa shape index (κ2) is 9.19. The maximum absolute atomic E-state index is 11.5. The van der Waals surface area contributed by atoms with Crippen molar-refractivity contribution in [2.24, 2.45) is 0 Å². The van der Waals surface area contributed by atoms with E-state index in [0.717, 1.165) is 32.2 Å². The zero-order valence-electron chi connectivity index (χ0n) is 10.4. The highest BCUT2D eigenvalue weighted by molar-refractivity contribution is 5.75. The van der Waals surface area contributed by atoms with Crippen LogP contribution in [0.25, 0.3) is 0 Å². The highest BCUT2D eigenvalue weighted by atomic mass is 16.4. The van der Waals surface area contributed by atoms with E-state index < -0.39 is 5.97 Å². The molecule has 0 aromatic heterocycles. The molecule has 94 valence electrons. The van der Waals surface area contributed by atoms with Crippen LogP contribution in [0.3, 0.4) is 0 Å². The van der Waals surface area contributed by atoms with E-state index in [4.69, 9.17) is 5.11 Å². The number of carbonyl (C=O) groups is 2. The second-order valence-electron chi connectivity index (χ2n) is 4.12. The summed E-state index contributed by atoms with van der Waals surface area (Å²) in [5.74, 6) is -0.549. The summed E-state index contributed by atoms with van der Waals surface area (Å²) in [6, 6.07) is 0. The molecule has 0 rings (SSSR count). The molecular formula is C12H23NO3. The Morgan fingerprint density at radius 2 is 1.75 bits per heavy atom. The van der Waals surface area contributed by atoms with E-state index in [1.165, 1.54) is 0 Å². The van der Waals surface area contributed by atoms with Crippen molar-refractivity contribution in [1.82, 2.24) is 4.90 Å². The average molecular weight is 229 g/mol. The lowest BCUT2D eigenvalue weighted by Crippen LogP contribution is -2.27. The molecule has 0 saturated heterocycles. The Bertz CT molecular complexity index is 216. The van der Waals surface area contributed by atoms with Gasteiger partial charge in [0.15, 0.2) is 0 Å². The van der Waals surface area contributed by atoms with Crippen molar-refractivity contribution >= 4 is 11.9 Å². The molecule has 16 heavy (non-hydrogen) atoms. The lowest BCUT2D eigenvalue weighted by Gasteiger charge is -2.16. The van der Waals surface area contributed by atoms with Gasteiger partial charge in [0.2, 0.25) is 5.91 Å². The topological polar surface area (TPSA) is 57.6 Å². The fraction of sp³-hybridized carbons (Fsp3) is 0.833. The molecular weight excluding hydrogens is 206 g/mol. The Morgan fingerprint density at radius 1 is 1.06 bits per heavy atom. The number of unbranched alkanes of at least 4 members (excludes halogenated alkanes) is 3. The minimum Gasteiger partial charge on any atom is -0.481 e. The number of hydrogen-bond acceptors (Lipinski definition) is 2. The first kappa shape index (κ1) is 14.9. The summed E-state index contributed by atoms with van der Waals surface area (Å²) in [6.45, 7) is 2.81. The number of rotatable bonds is 9. The second-order valence-corrected chi connectivity index (χ2v) is 4.12. The number of nitrogens with zero attached hydrogens (tertiary/aromatic N) is 1. The van der Waals surface area contributed by atoms with Crippen molar-refractivity contribution in [3.63, 3.8) is 0 Å². The number of hydrogen-bond donors (Lipinski definition) is 1. The molecule has 0 aliphatic carbocycles. The fourth-order valence-corrected chi connectivity index (χ4v) is 1.45. The Labute approximate surface area is 97.6 Å². The third-order valence-electron chi connectivity index (χ3n) is 2.55. The third-order valence-corrected chi connectivity index (χ3v) is 2.55. The summed E-state index contributed by atoms with van der Waals surface area (Å²) >= 11 is 0. The maximum atomic E-state index is 11.5. The lowest BCUT2D eigenvalue weighted by molar-refractivity contribution is -0.137. The van der Waals surface area contributed by atoms with E-state index >= 15 is 0 Å². The van der Waals surface area contributed by atoms with Crippen LogP contribution < -0.4 is 0 Å². The van der Waals surface area contributed by atoms with Gasteiger partial charge in [0.1, 0.15) is 0 Å². The Balaban J connectivity index is 3.45.